The van der Waals surface area contributed by atoms with Gasteiger partial charge in [0.2, 0.25) is 0 Å². The fourth-order valence-corrected chi connectivity index (χ4v) is 3.26. The molecule has 2 aromatic carbocycles. The highest BCUT2D eigenvalue weighted by molar-refractivity contribution is 6.31. The van der Waals surface area contributed by atoms with E-state index in [9.17, 15) is 9.59 Å². The molecule has 4 heteroatoms. The maximum atomic E-state index is 13.2. The maximum Gasteiger partial charge on any atom is 0.196 e. The Morgan fingerprint density at radius 2 is 1.46 bits per heavy atom. The van der Waals surface area contributed by atoms with Gasteiger partial charge < -0.3 is 10.6 Å². The molecule has 26 heavy (non-hydrogen) atoms. The zero-order valence-corrected chi connectivity index (χ0v) is 15.7. The van der Waals surface area contributed by atoms with E-state index in [1.807, 2.05) is 12.1 Å². The van der Waals surface area contributed by atoms with Crippen molar-refractivity contribution in [1.29, 1.82) is 0 Å². The third-order valence-electron chi connectivity index (χ3n) is 4.94. The average Bonchev–Trinajstić information content (AvgIpc) is 2.66. The lowest BCUT2D eigenvalue weighted by molar-refractivity contribution is 0.0980. The molecule has 0 amide bonds. The van der Waals surface area contributed by atoms with Crippen molar-refractivity contribution in [3.63, 3.8) is 0 Å². The van der Waals surface area contributed by atoms with Crippen LogP contribution in [0.1, 0.15) is 71.9 Å². The van der Waals surface area contributed by atoms with Crippen LogP contribution in [0.3, 0.4) is 0 Å². The van der Waals surface area contributed by atoms with Gasteiger partial charge in [-0.05, 0) is 31.9 Å². The van der Waals surface area contributed by atoms with Gasteiger partial charge in [-0.1, -0.05) is 44.5 Å². The molecule has 0 fully saturated rings. The van der Waals surface area contributed by atoms with Crippen LogP contribution >= 0.6 is 0 Å². The van der Waals surface area contributed by atoms with Crippen molar-refractivity contribution in [2.45, 2.75) is 46.1 Å². The van der Waals surface area contributed by atoms with Gasteiger partial charge in [0.05, 0.1) is 11.1 Å². The Labute approximate surface area is 155 Å². The van der Waals surface area contributed by atoms with Crippen LogP contribution in [0.25, 0.3) is 0 Å². The van der Waals surface area contributed by atoms with Crippen LogP contribution in [0.5, 0.6) is 0 Å². The molecular formula is C22H26N2O2. The number of unbranched alkanes of at least 4 members (excludes halogenated alkanes) is 1. The van der Waals surface area contributed by atoms with Gasteiger partial charge in [-0.25, -0.2) is 0 Å². The third kappa shape index (κ3) is 3.24. The first-order valence-corrected chi connectivity index (χ1v) is 9.44. The standard InChI is InChI=1S/C22H26N2O2/c1-4-6-13-23-17-11-12-18(24-14(3)5-2)20-19(17)21(25)15-9-7-8-10-16(15)22(20)26/h7-12,14,23-24H,4-6,13H2,1-3H3. The van der Waals surface area contributed by atoms with Crippen LogP contribution in [-0.2, 0) is 0 Å². The van der Waals surface area contributed by atoms with Gasteiger partial charge in [-0.15, -0.1) is 0 Å². The van der Waals surface area contributed by atoms with E-state index in [1.54, 1.807) is 24.3 Å². The van der Waals surface area contributed by atoms with E-state index < -0.39 is 0 Å². The summed E-state index contributed by atoms with van der Waals surface area (Å²) in [5, 5.41) is 6.74. The first-order valence-electron chi connectivity index (χ1n) is 9.44. The molecule has 3 rings (SSSR count). The van der Waals surface area contributed by atoms with E-state index in [-0.39, 0.29) is 17.6 Å². The molecule has 1 aliphatic rings. The van der Waals surface area contributed by atoms with E-state index in [1.165, 1.54) is 0 Å². The second-order valence-electron chi connectivity index (χ2n) is 6.85. The van der Waals surface area contributed by atoms with Crippen molar-refractivity contribution in [3.05, 3.63) is 58.7 Å². The molecule has 1 aliphatic carbocycles. The lowest BCUT2D eigenvalue weighted by Gasteiger charge is -2.25. The molecule has 0 radical (unpaired) electrons. The molecule has 2 aromatic rings. The monoisotopic (exact) mass is 350 g/mol. The van der Waals surface area contributed by atoms with Gasteiger partial charge in [-0.2, -0.15) is 0 Å². The number of carbonyl (C=O) groups excluding carboxylic acids is 2. The van der Waals surface area contributed by atoms with Gasteiger partial charge >= 0.3 is 0 Å². The predicted octanol–water partition coefficient (Wildman–Crippen LogP) is 4.88. The second-order valence-corrected chi connectivity index (χ2v) is 6.85. The van der Waals surface area contributed by atoms with Crippen molar-refractivity contribution in [1.82, 2.24) is 0 Å². The van der Waals surface area contributed by atoms with Crippen LogP contribution in [0.2, 0.25) is 0 Å². The number of carbonyl (C=O) groups is 2. The highest BCUT2D eigenvalue weighted by Gasteiger charge is 2.33. The van der Waals surface area contributed by atoms with Crippen molar-refractivity contribution in [2.75, 3.05) is 17.2 Å². The van der Waals surface area contributed by atoms with E-state index in [0.717, 1.165) is 37.2 Å². The second kappa shape index (κ2) is 7.73. The summed E-state index contributed by atoms with van der Waals surface area (Å²) in [5.74, 6) is -0.165. The summed E-state index contributed by atoms with van der Waals surface area (Å²) in [6.07, 6.45) is 3.02. The summed E-state index contributed by atoms with van der Waals surface area (Å²) < 4.78 is 0. The number of hydrogen-bond acceptors (Lipinski definition) is 4. The van der Waals surface area contributed by atoms with Crippen molar-refractivity contribution >= 4 is 22.9 Å². The molecule has 136 valence electrons. The summed E-state index contributed by atoms with van der Waals surface area (Å²) in [6.45, 7) is 7.07. The van der Waals surface area contributed by atoms with Crippen LogP contribution < -0.4 is 10.6 Å². The number of rotatable bonds is 7. The van der Waals surface area contributed by atoms with Gasteiger partial charge in [0.15, 0.2) is 11.6 Å². The molecule has 4 nitrogen and oxygen atoms in total. The zero-order valence-electron chi connectivity index (χ0n) is 15.7. The molecule has 0 saturated heterocycles. The minimum absolute atomic E-state index is 0.0815. The van der Waals surface area contributed by atoms with E-state index in [2.05, 4.69) is 31.4 Å². The molecule has 0 heterocycles. The normalized spacial score (nSPS) is 13.8. The SMILES string of the molecule is CCCCNc1ccc(NC(C)CC)c2c1C(=O)c1ccccc1C2=O. The lowest BCUT2D eigenvalue weighted by Crippen LogP contribution is -2.26. The minimum Gasteiger partial charge on any atom is -0.384 e. The summed E-state index contributed by atoms with van der Waals surface area (Å²) in [7, 11) is 0. The van der Waals surface area contributed by atoms with Gasteiger partial charge in [0, 0.05) is 35.1 Å². The van der Waals surface area contributed by atoms with Crippen LogP contribution in [0, 0.1) is 0 Å². The predicted molar refractivity (Wildman–Crippen MR) is 107 cm³/mol. The Morgan fingerprint density at radius 1 is 0.885 bits per heavy atom. The van der Waals surface area contributed by atoms with Crippen molar-refractivity contribution < 1.29 is 9.59 Å². The Bertz CT molecular complexity index is 842. The van der Waals surface area contributed by atoms with Gasteiger partial charge in [0.1, 0.15) is 0 Å². The van der Waals surface area contributed by atoms with Crippen LogP contribution in [0.4, 0.5) is 11.4 Å². The molecule has 0 spiro atoms. The summed E-state index contributed by atoms with van der Waals surface area (Å²) in [5.41, 5.74) is 3.46. The fourth-order valence-electron chi connectivity index (χ4n) is 3.26. The van der Waals surface area contributed by atoms with E-state index in [4.69, 9.17) is 0 Å². The van der Waals surface area contributed by atoms with E-state index >= 15 is 0 Å². The quantitative estimate of drug-likeness (QED) is 0.596. The number of benzene rings is 2. The first-order chi connectivity index (χ1) is 12.6. The number of nitrogens with one attached hydrogen (secondary N) is 2. The maximum absolute atomic E-state index is 13.2. The molecule has 2 N–H and O–H groups in total. The van der Waals surface area contributed by atoms with Crippen LogP contribution in [-0.4, -0.2) is 24.2 Å². The molecule has 1 unspecified atom stereocenters. The van der Waals surface area contributed by atoms with Crippen molar-refractivity contribution in [3.8, 4) is 0 Å². The number of anilines is 2. The molecule has 0 saturated carbocycles. The highest BCUT2D eigenvalue weighted by Crippen LogP contribution is 2.36. The Balaban J connectivity index is 2.13. The Hall–Kier alpha value is -2.62. The molecule has 1 atom stereocenters. The average molecular weight is 350 g/mol. The highest BCUT2D eigenvalue weighted by atomic mass is 16.1. The summed E-state index contributed by atoms with van der Waals surface area (Å²) in [4.78, 5) is 26.4. The lowest BCUT2D eigenvalue weighted by atomic mass is 9.82. The van der Waals surface area contributed by atoms with Crippen LogP contribution in [0.15, 0.2) is 36.4 Å². The zero-order chi connectivity index (χ0) is 18.7. The summed E-state index contributed by atoms with van der Waals surface area (Å²) >= 11 is 0. The Kier molecular flexibility index (Phi) is 5.40. The molecule has 0 aliphatic heterocycles. The Morgan fingerprint density at radius 3 is 2.04 bits per heavy atom. The van der Waals surface area contributed by atoms with Crippen molar-refractivity contribution in [2.24, 2.45) is 0 Å². The molecule has 0 bridgehead atoms. The minimum atomic E-state index is -0.0832. The molecular weight excluding hydrogens is 324 g/mol. The van der Waals surface area contributed by atoms with Gasteiger partial charge in [-0.3, -0.25) is 9.59 Å². The number of fused-ring (bicyclic) bond motifs is 2. The first kappa shape index (κ1) is 18.2. The number of ketones is 2. The molecule has 0 aromatic heterocycles. The topological polar surface area (TPSA) is 58.2 Å². The fraction of sp³-hybridized carbons (Fsp3) is 0.364. The third-order valence-corrected chi connectivity index (χ3v) is 4.94. The smallest absolute Gasteiger partial charge is 0.196 e. The summed E-state index contributed by atoms with van der Waals surface area (Å²) in [6, 6.07) is 11.1. The van der Waals surface area contributed by atoms with Gasteiger partial charge in [0.25, 0.3) is 0 Å². The number of hydrogen-bond donors (Lipinski definition) is 2. The van der Waals surface area contributed by atoms with E-state index in [0.29, 0.717) is 22.3 Å². The largest absolute Gasteiger partial charge is 0.384 e.